The van der Waals surface area contributed by atoms with Crippen molar-refractivity contribution in [2.24, 2.45) is 0 Å². The predicted octanol–water partition coefficient (Wildman–Crippen LogP) is 4.59. The van der Waals surface area contributed by atoms with Gasteiger partial charge in [-0.2, -0.15) is 13.2 Å². The molecule has 1 N–H and O–H groups in total. The van der Waals surface area contributed by atoms with Crippen molar-refractivity contribution in [3.05, 3.63) is 76.8 Å². The van der Waals surface area contributed by atoms with E-state index in [-0.39, 0.29) is 12.2 Å². The average Bonchev–Trinajstić information content (AvgIpc) is 2.69. The molecule has 0 unspecified atom stereocenters. The number of nitrogens with zero attached hydrogens (tertiary/aromatic N) is 1. The zero-order chi connectivity index (χ0) is 22.8. The third kappa shape index (κ3) is 5.48. The molecule has 3 aromatic rings. The molecule has 0 fully saturated rings. The second kappa shape index (κ2) is 8.76. The van der Waals surface area contributed by atoms with Crippen LogP contribution in [-0.2, 0) is 27.5 Å². The standard InChI is InChI=1S/C21H18ClF3N2O3S/c1-31(29,30)27(16-9-10-19(22)18(11-16)21(23,24)25)13-20(28)26-12-15-7-4-6-14-5-2-3-8-17(14)15/h2-11H,12-13H2,1H3,(H,26,28). The van der Waals surface area contributed by atoms with Crippen molar-refractivity contribution in [1.82, 2.24) is 5.32 Å². The number of fused-ring (bicyclic) bond motifs is 1. The molecule has 0 aliphatic heterocycles. The minimum Gasteiger partial charge on any atom is -0.350 e. The fourth-order valence-electron chi connectivity index (χ4n) is 3.11. The smallest absolute Gasteiger partial charge is 0.350 e. The van der Waals surface area contributed by atoms with Crippen LogP contribution in [0.15, 0.2) is 60.7 Å². The number of carbonyl (C=O) groups is 1. The lowest BCUT2D eigenvalue weighted by atomic mass is 10.0. The molecule has 1 amide bonds. The molecule has 0 aliphatic rings. The van der Waals surface area contributed by atoms with Crippen LogP contribution < -0.4 is 9.62 Å². The Morgan fingerprint density at radius 2 is 1.74 bits per heavy atom. The number of halogens is 4. The van der Waals surface area contributed by atoms with Crippen LogP contribution in [0.4, 0.5) is 18.9 Å². The molecule has 164 valence electrons. The van der Waals surface area contributed by atoms with Gasteiger partial charge in [0.25, 0.3) is 0 Å². The quantitative estimate of drug-likeness (QED) is 0.573. The summed E-state index contributed by atoms with van der Waals surface area (Å²) in [5.74, 6) is -0.665. The molecule has 3 rings (SSSR count). The number of benzene rings is 3. The molecule has 0 saturated carbocycles. The van der Waals surface area contributed by atoms with Crippen molar-refractivity contribution in [3.63, 3.8) is 0 Å². The highest BCUT2D eigenvalue weighted by molar-refractivity contribution is 7.92. The van der Waals surface area contributed by atoms with Crippen molar-refractivity contribution in [2.45, 2.75) is 12.7 Å². The Kier molecular flexibility index (Phi) is 6.47. The maximum atomic E-state index is 13.2. The first-order valence-corrected chi connectivity index (χ1v) is 11.3. The highest BCUT2D eigenvalue weighted by atomic mass is 35.5. The first-order valence-electron chi connectivity index (χ1n) is 9.04. The summed E-state index contributed by atoms with van der Waals surface area (Å²) in [6.07, 6.45) is -3.96. The molecule has 10 heteroatoms. The summed E-state index contributed by atoms with van der Waals surface area (Å²) in [6, 6.07) is 15.8. The second-order valence-corrected chi connectivity index (χ2v) is 9.16. The van der Waals surface area contributed by atoms with Gasteiger partial charge >= 0.3 is 6.18 Å². The van der Waals surface area contributed by atoms with Crippen LogP contribution in [0.25, 0.3) is 10.8 Å². The molecule has 0 heterocycles. The van der Waals surface area contributed by atoms with Crippen LogP contribution in [-0.4, -0.2) is 27.1 Å². The van der Waals surface area contributed by atoms with Crippen molar-refractivity contribution in [2.75, 3.05) is 17.1 Å². The number of rotatable bonds is 6. The summed E-state index contributed by atoms with van der Waals surface area (Å²) in [6.45, 7) is -0.547. The van der Waals surface area contributed by atoms with Gasteiger partial charge in [0, 0.05) is 6.54 Å². The summed E-state index contributed by atoms with van der Waals surface area (Å²) >= 11 is 5.60. The summed E-state index contributed by atoms with van der Waals surface area (Å²) in [4.78, 5) is 12.5. The van der Waals surface area contributed by atoms with Crippen LogP contribution >= 0.6 is 11.6 Å². The Balaban J connectivity index is 1.81. The summed E-state index contributed by atoms with van der Waals surface area (Å²) in [7, 11) is -4.04. The predicted molar refractivity (Wildman–Crippen MR) is 114 cm³/mol. The molecule has 5 nitrogen and oxygen atoms in total. The highest BCUT2D eigenvalue weighted by Crippen LogP contribution is 2.37. The van der Waals surface area contributed by atoms with E-state index in [0.29, 0.717) is 10.4 Å². The number of alkyl halides is 3. The van der Waals surface area contributed by atoms with Gasteiger partial charge in [-0.05, 0) is 34.5 Å². The zero-order valence-corrected chi connectivity index (χ0v) is 17.9. The third-order valence-electron chi connectivity index (χ3n) is 4.59. The van der Waals surface area contributed by atoms with Gasteiger partial charge in [-0.3, -0.25) is 9.10 Å². The molecular weight excluding hydrogens is 453 g/mol. The topological polar surface area (TPSA) is 66.5 Å². The SMILES string of the molecule is CS(=O)(=O)N(CC(=O)NCc1cccc2ccccc12)c1ccc(Cl)c(C(F)(F)F)c1. The fraction of sp³-hybridized carbons (Fsp3) is 0.190. The normalized spacial score (nSPS) is 12.0. The van der Waals surface area contributed by atoms with E-state index in [1.807, 2.05) is 42.5 Å². The Hall–Kier alpha value is -2.78. The lowest BCUT2D eigenvalue weighted by Gasteiger charge is -2.23. The summed E-state index contributed by atoms with van der Waals surface area (Å²) < 4.78 is 64.5. The van der Waals surface area contributed by atoms with Gasteiger partial charge in [0.15, 0.2) is 0 Å². The lowest BCUT2D eigenvalue weighted by molar-refractivity contribution is -0.137. The number of amides is 1. The van der Waals surface area contributed by atoms with Crippen molar-refractivity contribution in [1.29, 1.82) is 0 Å². The maximum Gasteiger partial charge on any atom is 0.417 e. The minimum atomic E-state index is -4.77. The lowest BCUT2D eigenvalue weighted by Crippen LogP contribution is -2.40. The van der Waals surface area contributed by atoms with E-state index in [9.17, 15) is 26.4 Å². The monoisotopic (exact) mass is 470 g/mol. The maximum absolute atomic E-state index is 13.2. The molecule has 0 atom stereocenters. The molecule has 0 spiro atoms. The third-order valence-corrected chi connectivity index (χ3v) is 6.06. The van der Waals surface area contributed by atoms with Crippen LogP contribution in [0.5, 0.6) is 0 Å². The van der Waals surface area contributed by atoms with Crippen molar-refractivity contribution in [3.8, 4) is 0 Å². The van der Waals surface area contributed by atoms with E-state index >= 15 is 0 Å². The Morgan fingerprint density at radius 1 is 1.06 bits per heavy atom. The number of nitrogens with one attached hydrogen (secondary N) is 1. The molecular formula is C21H18ClF3N2O3S. The first-order chi connectivity index (χ1) is 14.5. The highest BCUT2D eigenvalue weighted by Gasteiger charge is 2.34. The summed E-state index contributed by atoms with van der Waals surface area (Å²) in [5.41, 5.74) is -0.667. The summed E-state index contributed by atoms with van der Waals surface area (Å²) in [5, 5.41) is 3.97. The molecule has 0 aromatic heterocycles. The van der Waals surface area contributed by atoms with Gasteiger partial charge in [-0.25, -0.2) is 8.42 Å². The van der Waals surface area contributed by atoms with Gasteiger partial charge in [-0.1, -0.05) is 54.1 Å². The van der Waals surface area contributed by atoms with E-state index in [1.165, 1.54) is 0 Å². The molecule has 0 saturated heterocycles. The number of anilines is 1. The van der Waals surface area contributed by atoms with E-state index in [0.717, 1.165) is 34.7 Å². The van der Waals surface area contributed by atoms with Gasteiger partial charge in [0.05, 0.1) is 22.5 Å². The van der Waals surface area contributed by atoms with Crippen LogP contribution in [0, 0.1) is 0 Å². The number of hydrogen-bond acceptors (Lipinski definition) is 3. The van der Waals surface area contributed by atoms with Gasteiger partial charge in [0.2, 0.25) is 15.9 Å². The van der Waals surface area contributed by atoms with Crippen LogP contribution in [0.1, 0.15) is 11.1 Å². The fourth-order valence-corrected chi connectivity index (χ4v) is 4.19. The van der Waals surface area contributed by atoms with Gasteiger partial charge < -0.3 is 5.32 Å². The Morgan fingerprint density at radius 3 is 2.42 bits per heavy atom. The number of carbonyl (C=O) groups excluding carboxylic acids is 1. The number of hydrogen-bond donors (Lipinski definition) is 1. The van der Waals surface area contributed by atoms with E-state index in [2.05, 4.69) is 5.32 Å². The zero-order valence-electron chi connectivity index (χ0n) is 16.3. The van der Waals surface area contributed by atoms with E-state index < -0.39 is 39.2 Å². The van der Waals surface area contributed by atoms with E-state index in [1.54, 1.807) is 0 Å². The van der Waals surface area contributed by atoms with Gasteiger partial charge in [0.1, 0.15) is 6.54 Å². The average molecular weight is 471 g/mol. The molecule has 3 aromatic carbocycles. The molecule has 31 heavy (non-hydrogen) atoms. The van der Waals surface area contributed by atoms with Gasteiger partial charge in [-0.15, -0.1) is 0 Å². The molecule has 0 bridgehead atoms. The molecule has 0 radical (unpaired) electrons. The Bertz CT molecular complexity index is 1220. The minimum absolute atomic E-state index is 0.131. The first kappa shape index (κ1) is 22.9. The largest absolute Gasteiger partial charge is 0.417 e. The Labute approximate surface area is 182 Å². The second-order valence-electron chi connectivity index (χ2n) is 6.85. The van der Waals surface area contributed by atoms with Crippen molar-refractivity contribution < 1.29 is 26.4 Å². The van der Waals surface area contributed by atoms with Crippen molar-refractivity contribution >= 4 is 44.0 Å². The van der Waals surface area contributed by atoms with Crippen LogP contribution in [0.2, 0.25) is 5.02 Å². The van der Waals surface area contributed by atoms with E-state index in [4.69, 9.17) is 11.6 Å². The van der Waals surface area contributed by atoms with Crippen LogP contribution in [0.3, 0.4) is 0 Å². The molecule has 0 aliphatic carbocycles. The number of sulfonamides is 1.